The molecule has 2 heterocycles. The van der Waals surface area contributed by atoms with E-state index in [9.17, 15) is 28.8 Å². The molecule has 0 bridgehead atoms. The number of piperidine rings is 1. The molecule has 1 aromatic rings. The van der Waals surface area contributed by atoms with Gasteiger partial charge in [0.15, 0.2) is 0 Å². The van der Waals surface area contributed by atoms with E-state index in [1.54, 1.807) is 9.80 Å². The number of hydrogen-bond acceptors (Lipinski definition) is 6. The van der Waals surface area contributed by atoms with Crippen molar-refractivity contribution in [2.75, 3.05) is 13.1 Å². The zero-order chi connectivity index (χ0) is 36.2. The summed E-state index contributed by atoms with van der Waals surface area (Å²) in [5.74, 6) is -2.71. The number of Topliss-reactive ketones (excluding diaryl/α,β-unsaturated/α-hetero) is 1. The van der Waals surface area contributed by atoms with E-state index in [0.717, 1.165) is 24.8 Å². The van der Waals surface area contributed by atoms with Crippen LogP contribution < -0.4 is 21.7 Å². The smallest absolute Gasteiger partial charge is 0.315 e. The highest BCUT2D eigenvalue weighted by atomic mass is 16.2. The van der Waals surface area contributed by atoms with Crippen LogP contribution >= 0.6 is 0 Å². The van der Waals surface area contributed by atoms with Crippen LogP contribution in [-0.2, 0) is 25.7 Å². The molecule has 4 aliphatic rings. The molecule has 0 radical (unpaired) electrons. The lowest BCUT2D eigenvalue weighted by Crippen LogP contribution is -2.62. The van der Waals surface area contributed by atoms with Gasteiger partial charge >= 0.3 is 6.03 Å². The summed E-state index contributed by atoms with van der Waals surface area (Å²) in [7, 11) is 0. The first kappa shape index (κ1) is 36.3. The van der Waals surface area contributed by atoms with Crippen LogP contribution in [0.5, 0.6) is 0 Å². The molecular formula is C37H54N6O6. The lowest BCUT2D eigenvalue weighted by Gasteiger charge is -2.39. The van der Waals surface area contributed by atoms with Crippen LogP contribution in [0, 0.1) is 34.0 Å². The molecule has 6 amide bonds. The van der Waals surface area contributed by atoms with Gasteiger partial charge < -0.3 is 31.5 Å². The van der Waals surface area contributed by atoms with Crippen molar-refractivity contribution in [1.82, 2.24) is 25.8 Å². The fourth-order valence-corrected chi connectivity index (χ4v) is 7.90. The Morgan fingerprint density at radius 2 is 1.61 bits per heavy atom. The van der Waals surface area contributed by atoms with Gasteiger partial charge in [-0.25, -0.2) is 4.79 Å². The Balaban J connectivity index is 1.31. The first-order valence-electron chi connectivity index (χ1n) is 17.6. The highest BCUT2D eigenvalue weighted by Gasteiger charge is 2.70. The number of carbonyl (C=O) groups excluding carboxylic acids is 6. The van der Waals surface area contributed by atoms with Gasteiger partial charge in [0.2, 0.25) is 17.6 Å². The fraction of sp³-hybridized carbons (Fsp3) is 0.676. The highest BCUT2D eigenvalue weighted by molar-refractivity contribution is 6.37. The molecule has 1 saturated heterocycles. The molecule has 2 saturated carbocycles. The molecule has 0 spiro atoms. The summed E-state index contributed by atoms with van der Waals surface area (Å²) in [5.41, 5.74) is 5.63. The van der Waals surface area contributed by atoms with Gasteiger partial charge in [-0.05, 0) is 52.0 Å². The maximum Gasteiger partial charge on any atom is 0.315 e. The second-order valence-corrected chi connectivity index (χ2v) is 17.4. The summed E-state index contributed by atoms with van der Waals surface area (Å²) in [6, 6.07) is 3.61. The first-order chi connectivity index (χ1) is 22.7. The maximum absolute atomic E-state index is 14.4. The Morgan fingerprint density at radius 3 is 2.16 bits per heavy atom. The number of nitrogens with two attached hydrogens (primary N) is 1. The number of nitrogens with zero attached hydrogens (tertiary/aromatic N) is 2. The molecule has 6 atom stereocenters. The molecule has 49 heavy (non-hydrogen) atoms. The van der Waals surface area contributed by atoms with Crippen molar-refractivity contribution in [3.63, 3.8) is 0 Å². The molecule has 12 heteroatoms. The number of ketones is 1. The van der Waals surface area contributed by atoms with Gasteiger partial charge in [-0.3, -0.25) is 24.0 Å². The zero-order valence-corrected chi connectivity index (χ0v) is 30.2. The molecular weight excluding hydrogens is 624 g/mol. The summed E-state index contributed by atoms with van der Waals surface area (Å²) in [6.45, 7) is 16.7. The van der Waals surface area contributed by atoms with Crippen molar-refractivity contribution in [3.8, 4) is 0 Å². The van der Waals surface area contributed by atoms with Crippen LogP contribution in [0.4, 0.5) is 4.79 Å². The summed E-state index contributed by atoms with van der Waals surface area (Å²) in [5, 5.41) is 8.78. The number of rotatable bonds is 11. The molecule has 5 N–H and O–H groups in total. The quantitative estimate of drug-likeness (QED) is 0.262. The number of primary amides is 1. The second kappa shape index (κ2) is 13.1. The summed E-state index contributed by atoms with van der Waals surface area (Å²) in [4.78, 5) is 83.2. The second-order valence-electron chi connectivity index (χ2n) is 17.4. The Kier molecular flexibility index (Phi) is 9.68. The van der Waals surface area contributed by atoms with Gasteiger partial charge in [0, 0.05) is 25.2 Å². The highest BCUT2D eigenvalue weighted by Crippen LogP contribution is 2.65. The number of nitrogens with one attached hydrogen (secondary N) is 3. The normalized spacial score (nSPS) is 24.6. The van der Waals surface area contributed by atoms with Crippen LogP contribution in [0.25, 0.3) is 0 Å². The molecule has 1 aromatic carbocycles. The van der Waals surface area contributed by atoms with E-state index in [4.69, 9.17) is 5.73 Å². The molecule has 5 rings (SSSR count). The number of amides is 6. The molecule has 2 aliphatic carbocycles. The van der Waals surface area contributed by atoms with Crippen LogP contribution in [0.2, 0.25) is 0 Å². The molecule has 0 aromatic heterocycles. The van der Waals surface area contributed by atoms with Crippen molar-refractivity contribution < 1.29 is 28.8 Å². The van der Waals surface area contributed by atoms with Crippen molar-refractivity contribution in [1.29, 1.82) is 0 Å². The van der Waals surface area contributed by atoms with Crippen LogP contribution in [0.15, 0.2) is 24.3 Å². The number of likely N-dealkylation sites (tertiary alicyclic amines) is 1. The Hall–Kier alpha value is -3.96. The van der Waals surface area contributed by atoms with Gasteiger partial charge in [-0.1, -0.05) is 92.9 Å². The molecule has 3 fully saturated rings. The van der Waals surface area contributed by atoms with E-state index < -0.39 is 58.6 Å². The van der Waals surface area contributed by atoms with Crippen molar-refractivity contribution in [3.05, 3.63) is 35.4 Å². The standard InChI is InChI=1S/C37H54N6O6/c1-35(2,3)25(19-42-17-21-14-9-10-15-22(21)32(42)47)40-34(49)41-29(36(4,5)6)33(48)43-18-23-26(37(23,7)8)27(43)31(46)39-24(28(44)30(38)45)16-20-12-11-13-20/h9-10,14-15,20,23-27,29H,11-13,16-19H2,1-8H3,(H2,38,45)(H,39,46)(H2,40,41,49)/t23-,24?,25+,26-,27-,29+/m0/s1. The van der Waals surface area contributed by atoms with E-state index in [0.29, 0.717) is 25.1 Å². The maximum atomic E-state index is 14.4. The average molecular weight is 679 g/mol. The Bertz CT molecular complexity index is 1520. The number of urea groups is 1. The van der Waals surface area contributed by atoms with Gasteiger partial charge in [0.25, 0.3) is 11.8 Å². The lowest BCUT2D eigenvalue weighted by molar-refractivity contribution is -0.145. The fourth-order valence-electron chi connectivity index (χ4n) is 7.90. The van der Waals surface area contributed by atoms with Gasteiger partial charge in [0.05, 0.1) is 12.1 Å². The van der Waals surface area contributed by atoms with E-state index in [-0.39, 0.29) is 41.5 Å². The van der Waals surface area contributed by atoms with Crippen LogP contribution in [0.1, 0.15) is 97.0 Å². The Labute approximate surface area is 289 Å². The molecule has 268 valence electrons. The van der Waals surface area contributed by atoms with Crippen LogP contribution in [-0.4, -0.2) is 82.5 Å². The third-order valence-electron chi connectivity index (χ3n) is 11.5. The molecule has 2 aliphatic heterocycles. The third-order valence-corrected chi connectivity index (χ3v) is 11.5. The van der Waals surface area contributed by atoms with E-state index in [2.05, 4.69) is 29.8 Å². The van der Waals surface area contributed by atoms with E-state index >= 15 is 0 Å². The largest absolute Gasteiger partial charge is 0.363 e. The number of hydrogen-bond donors (Lipinski definition) is 4. The molecule has 12 nitrogen and oxygen atoms in total. The summed E-state index contributed by atoms with van der Waals surface area (Å²) < 4.78 is 0. The molecule has 1 unspecified atom stereocenters. The number of fused-ring (bicyclic) bond motifs is 2. The third kappa shape index (κ3) is 7.33. The predicted octanol–water partition coefficient (Wildman–Crippen LogP) is 2.98. The van der Waals surface area contributed by atoms with Crippen molar-refractivity contribution in [2.24, 2.45) is 39.7 Å². The predicted molar refractivity (Wildman–Crippen MR) is 184 cm³/mol. The average Bonchev–Trinajstić information content (AvgIpc) is 3.27. The first-order valence-corrected chi connectivity index (χ1v) is 17.6. The topological polar surface area (TPSA) is 171 Å². The van der Waals surface area contributed by atoms with Gasteiger partial charge in [-0.15, -0.1) is 0 Å². The monoisotopic (exact) mass is 678 g/mol. The summed E-state index contributed by atoms with van der Waals surface area (Å²) in [6.07, 6.45) is 3.21. The Morgan fingerprint density at radius 1 is 0.959 bits per heavy atom. The SMILES string of the molecule is CC(C)(C)[C@H](NC(=O)N[C@H](CN1Cc2ccccc2C1=O)C(C)(C)C)C(=O)N1C[C@H]2[C@@H]([C@H]1C(=O)NC(CC1CCC1)C(=O)C(N)=O)C2(C)C. The van der Waals surface area contributed by atoms with Crippen LogP contribution in [0.3, 0.4) is 0 Å². The minimum atomic E-state index is -1.09. The lowest BCUT2D eigenvalue weighted by atomic mass is 9.80. The van der Waals surface area contributed by atoms with E-state index in [1.807, 2.05) is 65.8 Å². The minimum absolute atomic E-state index is 0.0750. The summed E-state index contributed by atoms with van der Waals surface area (Å²) >= 11 is 0. The van der Waals surface area contributed by atoms with Crippen molar-refractivity contribution in [2.45, 2.75) is 112 Å². The minimum Gasteiger partial charge on any atom is -0.363 e. The van der Waals surface area contributed by atoms with Gasteiger partial charge in [0.1, 0.15) is 12.1 Å². The van der Waals surface area contributed by atoms with Gasteiger partial charge in [-0.2, -0.15) is 0 Å². The number of carbonyl (C=O) groups is 6. The number of benzene rings is 1. The van der Waals surface area contributed by atoms with E-state index in [1.165, 1.54) is 0 Å². The van der Waals surface area contributed by atoms with Crippen molar-refractivity contribution >= 4 is 35.4 Å². The zero-order valence-electron chi connectivity index (χ0n) is 30.2.